The Bertz CT molecular complexity index is 1190. The number of anilines is 1. The fourth-order valence-electron chi connectivity index (χ4n) is 3.06. The molecule has 6 nitrogen and oxygen atoms in total. The van der Waals surface area contributed by atoms with Crippen molar-refractivity contribution >= 4 is 52.1 Å². The van der Waals surface area contributed by atoms with Crippen molar-refractivity contribution in [2.24, 2.45) is 0 Å². The van der Waals surface area contributed by atoms with E-state index in [0.717, 1.165) is 9.80 Å². The molecule has 1 aliphatic heterocycles. The number of carbonyl (C=O) groups is 2. The van der Waals surface area contributed by atoms with Crippen molar-refractivity contribution < 1.29 is 14.5 Å². The molecule has 8 heteroatoms. The Morgan fingerprint density at radius 1 is 0.867 bits per heavy atom. The Balaban J connectivity index is 1.82. The number of hydrogen-bond acceptors (Lipinski definition) is 5. The Kier molecular flexibility index (Phi) is 5.39. The largest absolute Gasteiger partial charge is 0.272 e. The highest BCUT2D eigenvalue weighted by Gasteiger charge is 2.40. The topological polar surface area (TPSA) is 80.5 Å². The highest BCUT2D eigenvalue weighted by Crippen LogP contribution is 2.41. The molecule has 0 fully saturated rings. The number of thioether (sulfide) groups is 1. The number of imide groups is 1. The highest BCUT2D eigenvalue weighted by molar-refractivity contribution is 8.04. The van der Waals surface area contributed by atoms with Gasteiger partial charge in [0.1, 0.15) is 0 Å². The smallest absolute Gasteiger partial charge is 0.268 e. The molecule has 0 spiro atoms. The average molecular weight is 437 g/mol. The number of nitro benzene ring substituents is 1. The van der Waals surface area contributed by atoms with Gasteiger partial charge in [-0.2, -0.15) is 0 Å². The van der Waals surface area contributed by atoms with Crippen LogP contribution in [0.2, 0.25) is 5.02 Å². The maximum atomic E-state index is 13.3. The van der Waals surface area contributed by atoms with Gasteiger partial charge in [0.2, 0.25) is 0 Å². The summed E-state index contributed by atoms with van der Waals surface area (Å²) in [4.78, 5) is 39.1. The quantitative estimate of drug-likeness (QED) is 0.307. The van der Waals surface area contributed by atoms with Crippen LogP contribution in [0.5, 0.6) is 0 Å². The second-order valence-electron chi connectivity index (χ2n) is 6.35. The minimum atomic E-state index is -0.516. The molecule has 0 aliphatic carbocycles. The first-order valence-electron chi connectivity index (χ1n) is 8.82. The predicted molar refractivity (Wildman–Crippen MR) is 116 cm³/mol. The first-order valence-corrected chi connectivity index (χ1v) is 10.0. The van der Waals surface area contributed by atoms with Crippen molar-refractivity contribution in [3.63, 3.8) is 0 Å². The standard InChI is InChI=1S/C22H13ClN2O4S/c23-15-5-4-6-17(13-15)24-21(26)19(14-9-11-16(12-10-14)25(28)29)20(22(24)27)30-18-7-2-1-3-8-18/h1-13H. The van der Waals surface area contributed by atoms with E-state index < -0.39 is 16.7 Å². The number of halogens is 1. The van der Waals surface area contributed by atoms with Crippen LogP contribution in [0.3, 0.4) is 0 Å². The van der Waals surface area contributed by atoms with Crippen LogP contribution in [0.1, 0.15) is 5.56 Å². The number of amides is 2. The molecule has 3 aromatic rings. The Labute approximate surface area is 180 Å². The maximum Gasteiger partial charge on any atom is 0.272 e. The summed E-state index contributed by atoms with van der Waals surface area (Å²) in [6.07, 6.45) is 0. The van der Waals surface area contributed by atoms with Crippen LogP contribution in [0.15, 0.2) is 88.7 Å². The van der Waals surface area contributed by atoms with Gasteiger partial charge in [-0.05, 0) is 48.0 Å². The van der Waals surface area contributed by atoms with Crippen molar-refractivity contribution in [3.8, 4) is 0 Å². The summed E-state index contributed by atoms with van der Waals surface area (Å²) in [5, 5.41) is 11.4. The van der Waals surface area contributed by atoms with Crippen LogP contribution >= 0.6 is 23.4 Å². The number of non-ortho nitro benzene ring substituents is 1. The first kappa shape index (κ1) is 19.9. The third kappa shape index (κ3) is 3.72. The molecular formula is C22H13ClN2O4S. The summed E-state index contributed by atoms with van der Waals surface area (Å²) in [6, 6.07) is 21.3. The van der Waals surface area contributed by atoms with E-state index in [0.29, 0.717) is 16.3 Å². The summed E-state index contributed by atoms with van der Waals surface area (Å²) in [7, 11) is 0. The van der Waals surface area contributed by atoms with E-state index in [4.69, 9.17) is 11.6 Å². The van der Waals surface area contributed by atoms with Crippen molar-refractivity contribution in [3.05, 3.63) is 104 Å². The van der Waals surface area contributed by atoms with Crippen LogP contribution in [0.4, 0.5) is 11.4 Å². The molecule has 3 aromatic carbocycles. The van der Waals surface area contributed by atoms with Crippen molar-refractivity contribution in [2.45, 2.75) is 4.90 Å². The van der Waals surface area contributed by atoms with Crippen LogP contribution < -0.4 is 4.90 Å². The maximum absolute atomic E-state index is 13.3. The number of nitrogens with zero attached hydrogens (tertiary/aromatic N) is 2. The summed E-state index contributed by atoms with van der Waals surface area (Å²) in [5.41, 5.74) is 0.895. The minimum Gasteiger partial charge on any atom is -0.268 e. The Morgan fingerprint density at radius 2 is 1.57 bits per heavy atom. The SMILES string of the molecule is O=C1C(Sc2ccccc2)=C(c2ccc([N+](=O)[O-])cc2)C(=O)N1c1cccc(Cl)c1. The third-order valence-corrected chi connectivity index (χ3v) is 5.76. The molecule has 0 radical (unpaired) electrons. The summed E-state index contributed by atoms with van der Waals surface area (Å²) < 4.78 is 0. The van der Waals surface area contributed by atoms with Gasteiger partial charge in [-0.1, -0.05) is 47.6 Å². The monoisotopic (exact) mass is 436 g/mol. The van der Waals surface area contributed by atoms with Gasteiger partial charge in [0, 0.05) is 22.1 Å². The van der Waals surface area contributed by atoms with Gasteiger partial charge in [-0.15, -0.1) is 0 Å². The second-order valence-corrected chi connectivity index (χ2v) is 7.87. The van der Waals surface area contributed by atoms with Gasteiger partial charge in [-0.25, -0.2) is 4.90 Å². The van der Waals surface area contributed by atoms with Crippen LogP contribution in [-0.2, 0) is 9.59 Å². The number of hydrogen-bond donors (Lipinski definition) is 0. The van der Waals surface area contributed by atoms with Crippen LogP contribution in [-0.4, -0.2) is 16.7 Å². The highest BCUT2D eigenvalue weighted by atomic mass is 35.5. The molecule has 0 N–H and O–H groups in total. The van der Waals surface area contributed by atoms with Crippen molar-refractivity contribution in [1.29, 1.82) is 0 Å². The summed E-state index contributed by atoms with van der Waals surface area (Å²) in [5.74, 6) is -0.973. The number of benzene rings is 3. The van der Waals surface area contributed by atoms with E-state index >= 15 is 0 Å². The molecule has 0 aromatic heterocycles. The fraction of sp³-hybridized carbons (Fsp3) is 0. The molecule has 0 saturated heterocycles. The molecule has 2 amide bonds. The molecule has 30 heavy (non-hydrogen) atoms. The number of nitro groups is 1. The number of carbonyl (C=O) groups excluding carboxylic acids is 2. The van der Waals surface area contributed by atoms with E-state index in [1.807, 2.05) is 30.3 Å². The molecule has 0 saturated carbocycles. The summed E-state index contributed by atoms with van der Waals surface area (Å²) in [6.45, 7) is 0. The van der Waals surface area contributed by atoms with Crippen LogP contribution in [0, 0.1) is 10.1 Å². The van der Waals surface area contributed by atoms with Gasteiger partial charge in [0.15, 0.2) is 0 Å². The zero-order chi connectivity index (χ0) is 21.3. The Hall–Kier alpha value is -3.42. The number of rotatable bonds is 5. The lowest BCUT2D eigenvalue weighted by Gasteiger charge is -2.15. The molecule has 0 unspecified atom stereocenters. The first-order chi connectivity index (χ1) is 14.5. The van der Waals surface area contributed by atoms with Crippen LogP contribution in [0.25, 0.3) is 5.57 Å². The lowest BCUT2D eigenvalue weighted by molar-refractivity contribution is -0.384. The minimum absolute atomic E-state index is 0.0971. The molecule has 0 atom stereocenters. The zero-order valence-electron chi connectivity index (χ0n) is 15.3. The van der Waals surface area contributed by atoms with Crippen molar-refractivity contribution in [1.82, 2.24) is 0 Å². The summed E-state index contributed by atoms with van der Waals surface area (Å²) >= 11 is 7.23. The molecular weight excluding hydrogens is 424 g/mol. The third-order valence-electron chi connectivity index (χ3n) is 4.44. The van der Waals surface area contributed by atoms with Gasteiger partial charge in [0.05, 0.1) is 21.1 Å². The van der Waals surface area contributed by atoms with Crippen molar-refractivity contribution in [2.75, 3.05) is 4.90 Å². The Morgan fingerprint density at radius 3 is 2.20 bits per heavy atom. The molecule has 148 valence electrons. The van der Waals surface area contributed by atoms with Gasteiger partial charge in [0.25, 0.3) is 17.5 Å². The van der Waals surface area contributed by atoms with E-state index in [1.165, 1.54) is 36.0 Å². The molecule has 1 heterocycles. The molecule has 0 bridgehead atoms. The van der Waals surface area contributed by atoms with Gasteiger partial charge in [-0.3, -0.25) is 19.7 Å². The lowest BCUT2D eigenvalue weighted by atomic mass is 10.1. The fourth-order valence-corrected chi connectivity index (χ4v) is 4.26. The van der Waals surface area contributed by atoms with E-state index in [1.54, 1.807) is 24.3 Å². The second kappa shape index (κ2) is 8.14. The normalized spacial score (nSPS) is 13.8. The van der Waals surface area contributed by atoms with E-state index in [-0.39, 0.29) is 16.2 Å². The predicted octanol–water partition coefficient (Wildman–Crippen LogP) is 5.33. The van der Waals surface area contributed by atoms with Gasteiger partial charge >= 0.3 is 0 Å². The van der Waals surface area contributed by atoms with Gasteiger partial charge < -0.3 is 0 Å². The van der Waals surface area contributed by atoms with E-state index in [2.05, 4.69) is 0 Å². The molecule has 4 rings (SSSR count). The van der Waals surface area contributed by atoms with E-state index in [9.17, 15) is 19.7 Å². The zero-order valence-corrected chi connectivity index (χ0v) is 16.9. The average Bonchev–Trinajstić information content (AvgIpc) is 2.98. The lowest BCUT2D eigenvalue weighted by Crippen LogP contribution is -2.31. The molecule has 1 aliphatic rings.